The van der Waals surface area contributed by atoms with E-state index >= 15 is 0 Å². The number of rotatable bonds is 4. The van der Waals surface area contributed by atoms with Crippen molar-refractivity contribution in [2.24, 2.45) is 0 Å². The highest BCUT2D eigenvalue weighted by Gasteiger charge is 2.41. The minimum Gasteiger partial charge on any atom is -0.355 e. The van der Waals surface area contributed by atoms with Crippen LogP contribution in [0.5, 0.6) is 0 Å². The Morgan fingerprint density at radius 1 is 1.28 bits per heavy atom. The first-order valence-electron chi connectivity index (χ1n) is 8.20. The van der Waals surface area contributed by atoms with E-state index in [1.807, 2.05) is 18.2 Å². The number of aromatic amines is 1. The standard InChI is InChI=1S/C19H16ClFN4/c20-14-6-2-5-13(16(14)21)19(8-3-9-19)11-23-18-24-15-7-1-4-12(10-22)17(15)25-18/h1-2,4-7H,3,8-9,11H2,(H2,23,24,25). The summed E-state index contributed by atoms with van der Waals surface area (Å²) in [6.07, 6.45) is 2.87. The van der Waals surface area contributed by atoms with Gasteiger partial charge in [-0.3, -0.25) is 0 Å². The minimum atomic E-state index is -0.331. The first kappa shape index (κ1) is 15.9. The van der Waals surface area contributed by atoms with Gasteiger partial charge in [0.1, 0.15) is 17.4 Å². The topological polar surface area (TPSA) is 64.5 Å². The van der Waals surface area contributed by atoms with Gasteiger partial charge in [-0.1, -0.05) is 36.2 Å². The molecule has 0 atom stereocenters. The third-order valence-electron chi connectivity index (χ3n) is 5.06. The van der Waals surface area contributed by atoms with Gasteiger partial charge in [0.05, 0.1) is 16.1 Å². The lowest BCUT2D eigenvalue weighted by Gasteiger charge is -2.42. The number of anilines is 1. The largest absolute Gasteiger partial charge is 0.355 e. The molecule has 0 bridgehead atoms. The van der Waals surface area contributed by atoms with Crippen molar-refractivity contribution in [3.05, 3.63) is 58.4 Å². The molecule has 3 aromatic rings. The van der Waals surface area contributed by atoms with Crippen LogP contribution in [0.25, 0.3) is 11.0 Å². The molecular formula is C19H16ClFN4. The summed E-state index contributed by atoms with van der Waals surface area (Å²) in [5, 5.41) is 12.6. The van der Waals surface area contributed by atoms with Gasteiger partial charge in [0.2, 0.25) is 5.95 Å². The molecule has 0 saturated heterocycles. The van der Waals surface area contributed by atoms with Crippen LogP contribution in [0.1, 0.15) is 30.4 Å². The van der Waals surface area contributed by atoms with Crippen LogP contribution in [-0.4, -0.2) is 16.5 Å². The molecule has 4 rings (SSSR count). The number of halogens is 2. The Kier molecular flexibility index (Phi) is 3.85. The Bertz CT molecular complexity index is 985. The maximum absolute atomic E-state index is 14.5. The van der Waals surface area contributed by atoms with E-state index in [1.165, 1.54) is 0 Å². The molecule has 25 heavy (non-hydrogen) atoms. The zero-order valence-corrected chi connectivity index (χ0v) is 14.2. The van der Waals surface area contributed by atoms with Crippen molar-refractivity contribution in [1.29, 1.82) is 5.26 Å². The highest BCUT2D eigenvalue weighted by molar-refractivity contribution is 6.30. The second-order valence-electron chi connectivity index (χ2n) is 6.49. The fourth-order valence-electron chi connectivity index (χ4n) is 3.52. The minimum absolute atomic E-state index is 0.158. The summed E-state index contributed by atoms with van der Waals surface area (Å²) in [7, 11) is 0. The number of fused-ring (bicyclic) bond motifs is 1. The normalized spacial score (nSPS) is 15.6. The highest BCUT2D eigenvalue weighted by atomic mass is 35.5. The van der Waals surface area contributed by atoms with Gasteiger partial charge >= 0.3 is 0 Å². The summed E-state index contributed by atoms with van der Waals surface area (Å²) in [6, 6.07) is 12.8. The fraction of sp³-hybridized carbons (Fsp3) is 0.263. The number of hydrogen-bond donors (Lipinski definition) is 2. The summed E-state index contributed by atoms with van der Waals surface area (Å²) in [6.45, 7) is 0.561. The van der Waals surface area contributed by atoms with Crippen LogP contribution in [0.2, 0.25) is 5.02 Å². The maximum Gasteiger partial charge on any atom is 0.201 e. The van der Waals surface area contributed by atoms with Gasteiger partial charge < -0.3 is 10.3 Å². The number of nitrogens with zero attached hydrogens (tertiary/aromatic N) is 2. The molecule has 0 spiro atoms. The average Bonchev–Trinajstić information content (AvgIpc) is 3.00. The summed E-state index contributed by atoms with van der Waals surface area (Å²) in [5.74, 6) is 0.258. The number of para-hydroxylation sites is 1. The van der Waals surface area contributed by atoms with Crippen LogP contribution in [0.3, 0.4) is 0 Å². The molecular weight excluding hydrogens is 339 g/mol. The van der Waals surface area contributed by atoms with Gasteiger partial charge in [-0.2, -0.15) is 5.26 Å². The second kappa shape index (κ2) is 6.05. The monoisotopic (exact) mass is 354 g/mol. The number of aromatic nitrogens is 2. The second-order valence-corrected chi connectivity index (χ2v) is 6.89. The predicted octanol–water partition coefficient (Wildman–Crippen LogP) is 4.76. The van der Waals surface area contributed by atoms with E-state index in [1.54, 1.807) is 18.2 Å². The summed E-state index contributed by atoms with van der Waals surface area (Å²) >= 11 is 5.96. The molecule has 1 fully saturated rings. The van der Waals surface area contributed by atoms with Gasteiger partial charge in [-0.15, -0.1) is 0 Å². The number of nitriles is 1. The molecule has 1 aliphatic rings. The molecule has 1 aromatic heterocycles. The van der Waals surface area contributed by atoms with Crippen LogP contribution in [0.15, 0.2) is 36.4 Å². The molecule has 6 heteroatoms. The lowest BCUT2D eigenvalue weighted by Crippen LogP contribution is -2.41. The molecule has 1 heterocycles. The fourth-order valence-corrected chi connectivity index (χ4v) is 3.69. The summed E-state index contributed by atoms with van der Waals surface area (Å²) < 4.78 is 14.5. The number of benzene rings is 2. The van der Waals surface area contributed by atoms with Gasteiger partial charge in [-0.05, 0) is 36.6 Å². The molecule has 1 saturated carbocycles. The zero-order valence-electron chi connectivity index (χ0n) is 13.4. The molecule has 4 nitrogen and oxygen atoms in total. The molecule has 0 radical (unpaired) electrons. The van der Waals surface area contributed by atoms with Gasteiger partial charge in [-0.25, -0.2) is 9.37 Å². The predicted molar refractivity (Wildman–Crippen MR) is 96.2 cm³/mol. The molecule has 0 unspecified atom stereocenters. The Morgan fingerprint density at radius 2 is 2.08 bits per heavy atom. The Morgan fingerprint density at radius 3 is 2.80 bits per heavy atom. The van der Waals surface area contributed by atoms with Gasteiger partial charge in [0.15, 0.2) is 0 Å². The highest BCUT2D eigenvalue weighted by Crippen LogP contribution is 2.45. The Hall–Kier alpha value is -2.58. The maximum atomic E-state index is 14.5. The van der Waals surface area contributed by atoms with Crippen LogP contribution in [0, 0.1) is 17.1 Å². The molecule has 1 aliphatic carbocycles. The first-order valence-corrected chi connectivity index (χ1v) is 8.58. The zero-order chi connectivity index (χ0) is 17.4. The van der Waals surface area contributed by atoms with Crippen molar-refractivity contribution in [2.45, 2.75) is 24.7 Å². The Labute approximate surface area is 149 Å². The molecule has 2 N–H and O–H groups in total. The van der Waals surface area contributed by atoms with E-state index in [-0.39, 0.29) is 16.3 Å². The number of imidazole rings is 1. The van der Waals surface area contributed by atoms with Gasteiger partial charge in [0.25, 0.3) is 0 Å². The molecule has 0 aliphatic heterocycles. The number of nitrogens with one attached hydrogen (secondary N) is 2. The summed E-state index contributed by atoms with van der Waals surface area (Å²) in [4.78, 5) is 7.65. The SMILES string of the molecule is N#Cc1cccc2[nH]c(NCC3(c4cccc(Cl)c4F)CCC3)nc12. The third kappa shape index (κ3) is 2.63. The third-order valence-corrected chi connectivity index (χ3v) is 5.35. The van der Waals surface area contributed by atoms with Crippen LogP contribution in [-0.2, 0) is 5.41 Å². The quantitative estimate of drug-likeness (QED) is 0.709. The van der Waals surface area contributed by atoms with E-state index in [4.69, 9.17) is 11.6 Å². The van der Waals surface area contributed by atoms with E-state index in [0.29, 0.717) is 29.1 Å². The van der Waals surface area contributed by atoms with Crippen molar-refractivity contribution < 1.29 is 4.39 Å². The van der Waals surface area contributed by atoms with E-state index < -0.39 is 0 Å². The van der Waals surface area contributed by atoms with E-state index in [2.05, 4.69) is 21.4 Å². The van der Waals surface area contributed by atoms with Crippen molar-refractivity contribution in [1.82, 2.24) is 9.97 Å². The van der Waals surface area contributed by atoms with E-state index in [9.17, 15) is 9.65 Å². The lowest BCUT2D eigenvalue weighted by molar-refractivity contribution is 0.251. The Balaban J connectivity index is 1.62. The van der Waals surface area contributed by atoms with Crippen LogP contribution < -0.4 is 5.32 Å². The van der Waals surface area contributed by atoms with Crippen molar-refractivity contribution in [2.75, 3.05) is 11.9 Å². The smallest absolute Gasteiger partial charge is 0.201 e. The molecule has 2 aromatic carbocycles. The molecule has 0 amide bonds. The number of H-pyrrole nitrogens is 1. The van der Waals surface area contributed by atoms with Crippen LogP contribution >= 0.6 is 11.6 Å². The van der Waals surface area contributed by atoms with Crippen molar-refractivity contribution >= 4 is 28.6 Å². The molecule has 126 valence electrons. The van der Waals surface area contributed by atoms with Crippen molar-refractivity contribution in [3.8, 4) is 6.07 Å². The average molecular weight is 355 g/mol. The summed E-state index contributed by atoms with van der Waals surface area (Å²) in [5.41, 5.74) is 2.36. The van der Waals surface area contributed by atoms with Gasteiger partial charge in [0, 0.05) is 12.0 Å². The van der Waals surface area contributed by atoms with Crippen LogP contribution in [0.4, 0.5) is 10.3 Å². The van der Waals surface area contributed by atoms with Crippen molar-refractivity contribution in [3.63, 3.8) is 0 Å². The van der Waals surface area contributed by atoms with E-state index in [0.717, 1.165) is 24.8 Å². The number of hydrogen-bond acceptors (Lipinski definition) is 3. The first-order chi connectivity index (χ1) is 12.1. The lowest BCUT2D eigenvalue weighted by atomic mass is 9.64.